The molecular formula is C21H25N3O3. The first-order valence-corrected chi connectivity index (χ1v) is 9.61. The van der Waals surface area contributed by atoms with Crippen molar-refractivity contribution in [2.24, 2.45) is 0 Å². The highest BCUT2D eigenvalue weighted by molar-refractivity contribution is 5.98. The van der Waals surface area contributed by atoms with Gasteiger partial charge in [-0.05, 0) is 43.5 Å². The number of amides is 2. The van der Waals surface area contributed by atoms with Crippen LogP contribution in [0.5, 0.6) is 0 Å². The van der Waals surface area contributed by atoms with Crippen LogP contribution in [0.25, 0.3) is 0 Å². The first-order valence-electron chi connectivity index (χ1n) is 9.61. The minimum absolute atomic E-state index is 0.0800. The number of hydrogen-bond acceptors (Lipinski definition) is 4. The third-order valence-electron chi connectivity index (χ3n) is 5.61. The number of carbonyl (C=O) groups is 2. The Hall–Kier alpha value is -2.60. The van der Waals surface area contributed by atoms with Gasteiger partial charge >= 0.3 is 0 Å². The molecule has 0 bridgehead atoms. The second kappa shape index (κ2) is 7.56. The molecule has 1 saturated heterocycles. The van der Waals surface area contributed by atoms with Gasteiger partial charge in [0.15, 0.2) is 5.76 Å². The van der Waals surface area contributed by atoms with Gasteiger partial charge in [-0.25, -0.2) is 0 Å². The van der Waals surface area contributed by atoms with Crippen molar-refractivity contribution in [3.8, 4) is 0 Å². The number of furan rings is 1. The van der Waals surface area contributed by atoms with Crippen molar-refractivity contribution in [1.29, 1.82) is 0 Å². The summed E-state index contributed by atoms with van der Waals surface area (Å²) in [6.45, 7) is 5.34. The van der Waals surface area contributed by atoms with E-state index in [0.29, 0.717) is 31.9 Å². The van der Waals surface area contributed by atoms with Crippen molar-refractivity contribution in [1.82, 2.24) is 9.80 Å². The fourth-order valence-electron chi connectivity index (χ4n) is 4.01. The van der Waals surface area contributed by atoms with Gasteiger partial charge in [-0.15, -0.1) is 0 Å². The number of aryl methyl sites for hydroxylation is 1. The molecule has 0 aliphatic carbocycles. The maximum absolute atomic E-state index is 13.2. The predicted octanol–water partition coefficient (Wildman–Crippen LogP) is 2.41. The number of benzene rings is 1. The smallest absolute Gasteiger partial charge is 0.289 e. The molecule has 1 atom stereocenters. The summed E-state index contributed by atoms with van der Waals surface area (Å²) in [6.07, 6.45) is 3.55. The van der Waals surface area contributed by atoms with Crippen LogP contribution in [0.15, 0.2) is 47.1 Å². The highest BCUT2D eigenvalue weighted by Crippen LogP contribution is 2.28. The van der Waals surface area contributed by atoms with Gasteiger partial charge in [0.1, 0.15) is 0 Å². The highest BCUT2D eigenvalue weighted by atomic mass is 16.3. The molecule has 1 fully saturated rings. The summed E-state index contributed by atoms with van der Waals surface area (Å²) in [5, 5.41) is 0. The third-order valence-corrected chi connectivity index (χ3v) is 5.61. The van der Waals surface area contributed by atoms with Gasteiger partial charge in [0.05, 0.1) is 12.3 Å². The van der Waals surface area contributed by atoms with Gasteiger partial charge < -0.3 is 14.2 Å². The standard InChI is InChI=1S/C21H25N3O3/c1-16(20(25)24-10-4-7-17-6-2-3-8-18(17)24)22-11-13-23(14-12-22)21(26)19-9-5-15-27-19/h2-3,5-6,8-9,15-16H,4,7,10-14H2,1H3. The Bertz CT molecular complexity index is 810. The normalized spacial score (nSPS) is 18.9. The molecule has 2 aliphatic heterocycles. The van der Waals surface area contributed by atoms with Gasteiger partial charge in [-0.2, -0.15) is 0 Å². The first kappa shape index (κ1) is 17.8. The first-order chi connectivity index (χ1) is 13.1. The fourth-order valence-corrected chi connectivity index (χ4v) is 4.01. The molecule has 0 spiro atoms. The van der Waals surface area contributed by atoms with Crippen LogP contribution in [0.4, 0.5) is 5.69 Å². The summed E-state index contributed by atoms with van der Waals surface area (Å²) < 4.78 is 5.21. The molecule has 2 aliphatic rings. The topological polar surface area (TPSA) is 57.0 Å². The lowest BCUT2D eigenvalue weighted by Crippen LogP contribution is -2.56. The van der Waals surface area contributed by atoms with Crippen LogP contribution in [-0.4, -0.2) is 60.4 Å². The zero-order valence-corrected chi connectivity index (χ0v) is 15.6. The summed E-state index contributed by atoms with van der Waals surface area (Å²) >= 11 is 0. The zero-order valence-electron chi connectivity index (χ0n) is 15.6. The second-order valence-corrected chi connectivity index (χ2v) is 7.20. The van der Waals surface area contributed by atoms with E-state index < -0.39 is 0 Å². The Labute approximate surface area is 159 Å². The molecule has 1 aromatic carbocycles. The Morgan fingerprint density at radius 1 is 1.00 bits per heavy atom. The number of fused-ring (bicyclic) bond motifs is 1. The van der Waals surface area contributed by atoms with E-state index in [2.05, 4.69) is 11.0 Å². The van der Waals surface area contributed by atoms with Crippen LogP contribution in [0.3, 0.4) is 0 Å². The van der Waals surface area contributed by atoms with Crippen LogP contribution in [0.2, 0.25) is 0 Å². The average molecular weight is 367 g/mol. The minimum Gasteiger partial charge on any atom is -0.459 e. The lowest BCUT2D eigenvalue weighted by Gasteiger charge is -2.39. The molecule has 2 amide bonds. The van der Waals surface area contributed by atoms with Crippen LogP contribution in [0.1, 0.15) is 29.5 Å². The Kier molecular flexibility index (Phi) is 4.99. The van der Waals surface area contributed by atoms with Gasteiger partial charge in [0.25, 0.3) is 5.91 Å². The molecule has 2 aromatic rings. The summed E-state index contributed by atoms with van der Waals surface area (Å²) in [6, 6.07) is 11.4. The van der Waals surface area contributed by atoms with Crippen molar-refractivity contribution in [3.63, 3.8) is 0 Å². The van der Waals surface area contributed by atoms with Gasteiger partial charge in [-0.3, -0.25) is 14.5 Å². The molecule has 3 heterocycles. The molecule has 6 heteroatoms. The second-order valence-electron chi connectivity index (χ2n) is 7.20. The Morgan fingerprint density at radius 3 is 2.52 bits per heavy atom. The lowest BCUT2D eigenvalue weighted by molar-refractivity contribution is -0.123. The van der Waals surface area contributed by atoms with Crippen molar-refractivity contribution < 1.29 is 14.0 Å². The fraction of sp³-hybridized carbons (Fsp3) is 0.429. The van der Waals surface area contributed by atoms with E-state index in [1.807, 2.05) is 30.0 Å². The SMILES string of the molecule is CC(C(=O)N1CCCc2ccccc21)N1CCN(C(=O)c2ccco2)CC1. The average Bonchev–Trinajstić information content (AvgIpc) is 3.27. The number of carbonyl (C=O) groups excluding carboxylic acids is 2. The van der Waals surface area contributed by atoms with Crippen LogP contribution < -0.4 is 4.90 Å². The van der Waals surface area contributed by atoms with E-state index in [1.165, 1.54) is 11.8 Å². The van der Waals surface area contributed by atoms with Crippen LogP contribution in [0, 0.1) is 0 Å². The quantitative estimate of drug-likeness (QED) is 0.836. The summed E-state index contributed by atoms with van der Waals surface area (Å²) in [5.74, 6) is 0.439. The van der Waals surface area contributed by atoms with Crippen molar-refractivity contribution >= 4 is 17.5 Å². The molecule has 142 valence electrons. The van der Waals surface area contributed by atoms with E-state index in [4.69, 9.17) is 4.42 Å². The summed E-state index contributed by atoms with van der Waals surface area (Å²) in [4.78, 5) is 31.4. The van der Waals surface area contributed by atoms with Crippen molar-refractivity contribution in [3.05, 3.63) is 54.0 Å². The molecule has 1 aromatic heterocycles. The number of rotatable bonds is 3. The Balaban J connectivity index is 1.39. The number of para-hydroxylation sites is 1. The van der Waals surface area contributed by atoms with Gasteiger partial charge in [-0.1, -0.05) is 18.2 Å². The van der Waals surface area contributed by atoms with E-state index in [0.717, 1.165) is 25.1 Å². The van der Waals surface area contributed by atoms with Crippen molar-refractivity contribution in [2.75, 3.05) is 37.6 Å². The lowest BCUT2D eigenvalue weighted by atomic mass is 10.0. The van der Waals surface area contributed by atoms with Gasteiger partial charge in [0, 0.05) is 38.4 Å². The molecule has 0 N–H and O–H groups in total. The zero-order chi connectivity index (χ0) is 18.8. The molecular weight excluding hydrogens is 342 g/mol. The van der Waals surface area contributed by atoms with E-state index in [9.17, 15) is 9.59 Å². The number of hydrogen-bond donors (Lipinski definition) is 0. The number of anilines is 1. The number of piperazine rings is 1. The third kappa shape index (κ3) is 3.49. The predicted molar refractivity (Wildman–Crippen MR) is 103 cm³/mol. The van der Waals surface area contributed by atoms with Crippen LogP contribution >= 0.6 is 0 Å². The molecule has 1 unspecified atom stereocenters. The number of nitrogens with zero attached hydrogens (tertiary/aromatic N) is 3. The molecule has 27 heavy (non-hydrogen) atoms. The van der Waals surface area contributed by atoms with E-state index in [-0.39, 0.29) is 17.9 Å². The maximum atomic E-state index is 13.2. The molecule has 4 rings (SSSR count). The highest BCUT2D eigenvalue weighted by Gasteiger charge is 2.32. The molecule has 0 saturated carbocycles. The molecule has 6 nitrogen and oxygen atoms in total. The Morgan fingerprint density at radius 2 is 1.78 bits per heavy atom. The van der Waals surface area contributed by atoms with E-state index in [1.54, 1.807) is 17.0 Å². The maximum Gasteiger partial charge on any atom is 0.289 e. The van der Waals surface area contributed by atoms with Gasteiger partial charge in [0.2, 0.25) is 5.91 Å². The summed E-state index contributed by atoms with van der Waals surface area (Å²) in [7, 11) is 0. The summed E-state index contributed by atoms with van der Waals surface area (Å²) in [5.41, 5.74) is 2.30. The monoisotopic (exact) mass is 367 g/mol. The molecule has 0 radical (unpaired) electrons. The van der Waals surface area contributed by atoms with Crippen LogP contribution in [-0.2, 0) is 11.2 Å². The van der Waals surface area contributed by atoms with E-state index >= 15 is 0 Å². The minimum atomic E-state index is -0.197. The van der Waals surface area contributed by atoms with Crippen molar-refractivity contribution in [2.45, 2.75) is 25.8 Å². The largest absolute Gasteiger partial charge is 0.459 e.